The van der Waals surface area contributed by atoms with Crippen LogP contribution in [0, 0.1) is 22.7 Å². The Morgan fingerprint density at radius 2 is 2.10 bits per heavy atom. The molecule has 1 aromatic rings. The van der Waals surface area contributed by atoms with Gasteiger partial charge in [0.05, 0.1) is 5.41 Å². The van der Waals surface area contributed by atoms with Crippen LogP contribution in [-0.2, 0) is 4.79 Å². The molecular weight excluding hydrogens is 270 g/mol. The second kappa shape index (κ2) is 4.82. The molecule has 104 valence electrons. The van der Waals surface area contributed by atoms with Crippen molar-refractivity contribution >= 4 is 17.5 Å². The molecule has 1 amide bonds. The molecule has 2 N–H and O–H groups in total. The highest BCUT2D eigenvalue weighted by Gasteiger charge is 2.53. The van der Waals surface area contributed by atoms with Crippen molar-refractivity contribution in [1.29, 1.82) is 0 Å². The zero-order valence-electron chi connectivity index (χ0n) is 11.4. The predicted molar refractivity (Wildman–Crippen MR) is 80.1 cm³/mol. The normalized spacial score (nSPS) is 31.4. The Morgan fingerprint density at radius 1 is 1.25 bits per heavy atom. The molecule has 2 saturated carbocycles. The van der Waals surface area contributed by atoms with Gasteiger partial charge in [0.15, 0.2) is 0 Å². The molecule has 0 spiro atoms. The zero-order valence-corrected chi connectivity index (χ0v) is 12.2. The number of hydrogen-bond acceptors (Lipinski definition) is 1. The lowest BCUT2D eigenvalue weighted by Crippen LogP contribution is -2.38. The minimum atomic E-state index is -0.290. The molecule has 20 heavy (non-hydrogen) atoms. The molecular formula is C17H18ClNO. The highest BCUT2D eigenvalue weighted by Crippen LogP contribution is 2.58. The van der Waals surface area contributed by atoms with Gasteiger partial charge < -0.3 is 5.73 Å². The van der Waals surface area contributed by atoms with Crippen molar-refractivity contribution in [3.05, 3.63) is 34.9 Å². The number of benzene rings is 1. The molecule has 2 aliphatic carbocycles. The van der Waals surface area contributed by atoms with Gasteiger partial charge >= 0.3 is 0 Å². The predicted octanol–water partition coefficient (Wildman–Crippen LogP) is 3.52. The van der Waals surface area contributed by atoms with Crippen molar-refractivity contribution in [3.63, 3.8) is 0 Å². The Labute approximate surface area is 124 Å². The van der Waals surface area contributed by atoms with E-state index in [9.17, 15) is 4.79 Å². The van der Waals surface area contributed by atoms with Gasteiger partial charge in [-0.15, -0.1) is 0 Å². The molecule has 2 aliphatic rings. The minimum Gasteiger partial charge on any atom is -0.369 e. The Hall–Kier alpha value is -1.46. The summed E-state index contributed by atoms with van der Waals surface area (Å²) in [5.74, 6) is 6.54. The first-order chi connectivity index (χ1) is 9.54. The van der Waals surface area contributed by atoms with Gasteiger partial charge in [-0.05, 0) is 50.3 Å². The number of nitrogens with two attached hydrogens (primary N) is 1. The van der Waals surface area contributed by atoms with Crippen LogP contribution >= 0.6 is 11.6 Å². The molecule has 2 bridgehead atoms. The number of primary amides is 1. The first-order valence-electron chi connectivity index (χ1n) is 7.12. The van der Waals surface area contributed by atoms with Gasteiger partial charge in [-0.2, -0.15) is 0 Å². The summed E-state index contributed by atoms with van der Waals surface area (Å²) in [6.45, 7) is 0. The SMILES string of the molecule is NC(=O)C12CCCC(C#Cc3cccc(Cl)c3)(CC1)C2. The number of fused-ring (bicyclic) bond motifs is 2. The second-order valence-electron chi connectivity index (χ2n) is 6.22. The van der Waals surface area contributed by atoms with Gasteiger partial charge in [0.25, 0.3) is 0 Å². The van der Waals surface area contributed by atoms with Crippen LogP contribution in [0.25, 0.3) is 0 Å². The standard InChI is InChI=1S/C17H18ClNO/c18-14-4-1-3-13(11-14)5-8-16-6-2-7-17(12-16,10-9-16)15(19)20/h1,3-4,11H,2,6-7,9-10,12H2,(H2,19,20). The van der Waals surface area contributed by atoms with E-state index in [0.29, 0.717) is 5.02 Å². The summed E-state index contributed by atoms with van der Waals surface area (Å²) in [7, 11) is 0. The maximum Gasteiger partial charge on any atom is 0.223 e. The average molecular weight is 288 g/mol. The van der Waals surface area contributed by atoms with E-state index < -0.39 is 0 Å². The molecule has 2 atom stereocenters. The van der Waals surface area contributed by atoms with E-state index in [2.05, 4.69) is 11.8 Å². The van der Waals surface area contributed by atoms with Crippen molar-refractivity contribution in [3.8, 4) is 11.8 Å². The molecule has 0 heterocycles. The van der Waals surface area contributed by atoms with E-state index in [-0.39, 0.29) is 16.7 Å². The summed E-state index contributed by atoms with van der Waals surface area (Å²) in [4.78, 5) is 11.8. The van der Waals surface area contributed by atoms with Gasteiger partial charge in [0, 0.05) is 16.0 Å². The minimum absolute atomic E-state index is 0.0183. The average Bonchev–Trinajstić information content (AvgIpc) is 2.70. The van der Waals surface area contributed by atoms with Crippen LogP contribution in [0.2, 0.25) is 5.02 Å². The van der Waals surface area contributed by atoms with E-state index >= 15 is 0 Å². The number of carbonyl (C=O) groups is 1. The Kier molecular flexibility index (Phi) is 3.26. The lowest BCUT2D eigenvalue weighted by atomic mass is 9.69. The monoisotopic (exact) mass is 287 g/mol. The third-order valence-corrected chi connectivity index (χ3v) is 5.12. The summed E-state index contributed by atoms with van der Waals surface area (Å²) in [6.07, 6.45) is 5.78. The van der Waals surface area contributed by atoms with Crippen molar-refractivity contribution in [2.24, 2.45) is 16.6 Å². The quantitative estimate of drug-likeness (QED) is 0.789. The summed E-state index contributed by atoms with van der Waals surface area (Å²) < 4.78 is 0. The first kappa shape index (κ1) is 13.5. The maximum absolute atomic E-state index is 11.8. The summed E-state index contributed by atoms with van der Waals surface area (Å²) in [5, 5.41) is 0.704. The van der Waals surface area contributed by atoms with E-state index in [1.54, 1.807) is 0 Å². The first-order valence-corrected chi connectivity index (χ1v) is 7.50. The Balaban J connectivity index is 1.87. The number of rotatable bonds is 1. The van der Waals surface area contributed by atoms with Crippen molar-refractivity contribution < 1.29 is 4.79 Å². The number of amides is 1. The fraction of sp³-hybridized carbons (Fsp3) is 0.471. The van der Waals surface area contributed by atoms with Crippen LogP contribution in [0.1, 0.15) is 44.1 Å². The van der Waals surface area contributed by atoms with Crippen LogP contribution < -0.4 is 5.73 Å². The smallest absolute Gasteiger partial charge is 0.223 e. The molecule has 2 fully saturated rings. The third-order valence-electron chi connectivity index (χ3n) is 4.89. The largest absolute Gasteiger partial charge is 0.369 e. The second-order valence-corrected chi connectivity index (χ2v) is 6.65. The Morgan fingerprint density at radius 3 is 2.85 bits per heavy atom. The van der Waals surface area contributed by atoms with Crippen LogP contribution in [0.4, 0.5) is 0 Å². The van der Waals surface area contributed by atoms with Crippen molar-refractivity contribution in [2.45, 2.75) is 38.5 Å². The third kappa shape index (κ3) is 2.31. The van der Waals surface area contributed by atoms with Crippen molar-refractivity contribution in [2.75, 3.05) is 0 Å². The van der Waals surface area contributed by atoms with Crippen LogP contribution in [0.5, 0.6) is 0 Å². The van der Waals surface area contributed by atoms with Crippen LogP contribution in [0.15, 0.2) is 24.3 Å². The van der Waals surface area contributed by atoms with E-state index in [1.165, 1.54) is 0 Å². The van der Waals surface area contributed by atoms with Crippen LogP contribution in [0.3, 0.4) is 0 Å². The highest BCUT2D eigenvalue weighted by atomic mass is 35.5. The molecule has 3 rings (SSSR count). The van der Waals surface area contributed by atoms with Gasteiger partial charge in [-0.25, -0.2) is 0 Å². The summed E-state index contributed by atoms with van der Waals surface area (Å²) >= 11 is 5.98. The molecule has 2 nitrogen and oxygen atoms in total. The zero-order chi connectivity index (χ0) is 14.2. The highest BCUT2D eigenvalue weighted by molar-refractivity contribution is 6.30. The molecule has 0 aromatic heterocycles. The lowest BCUT2D eigenvalue weighted by molar-refractivity contribution is -0.129. The van der Waals surface area contributed by atoms with Gasteiger partial charge in [0.2, 0.25) is 5.91 Å². The maximum atomic E-state index is 11.8. The van der Waals surface area contributed by atoms with Gasteiger partial charge in [-0.1, -0.05) is 35.9 Å². The lowest BCUT2D eigenvalue weighted by Gasteiger charge is -2.34. The van der Waals surface area contributed by atoms with E-state index in [4.69, 9.17) is 17.3 Å². The summed E-state index contributed by atoms with van der Waals surface area (Å²) in [6, 6.07) is 7.60. The van der Waals surface area contributed by atoms with Crippen molar-refractivity contribution in [1.82, 2.24) is 0 Å². The number of hydrogen-bond donors (Lipinski definition) is 1. The molecule has 0 aliphatic heterocycles. The topological polar surface area (TPSA) is 43.1 Å². The summed E-state index contributed by atoms with van der Waals surface area (Å²) in [5.41, 5.74) is 6.25. The fourth-order valence-corrected chi connectivity index (χ4v) is 3.96. The molecule has 0 saturated heterocycles. The molecule has 3 heteroatoms. The molecule has 0 radical (unpaired) electrons. The molecule has 2 unspecified atom stereocenters. The van der Waals surface area contributed by atoms with E-state index in [1.807, 2.05) is 24.3 Å². The van der Waals surface area contributed by atoms with E-state index in [0.717, 1.165) is 44.1 Å². The van der Waals surface area contributed by atoms with Crippen LogP contribution in [-0.4, -0.2) is 5.91 Å². The fourth-order valence-electron chi connectivity index (χ4n) is 3.77. The molecule has 1 aromatic carbocycles. The van der Waals surface area contributed by atoms with Gasteiger partial charge in [0.1, 0.15) is 0 Å². The number of carbonyl (C=O) groups excluding carboxylic acids is 1. The van der Waals surface area contributed by atoms with Gasteiger partial charge in [-0.3, -0.25) is 4.79 Å². The number of halogens is 1. The Bertz CT molecular complexity index is 615.